The number of benzene rings is 1. The molecule has 21 heavy (non-hydrogen) atoms. The van der Waals surface area contributed by atoms with E-state index in [1.54, 1.807) is 38.2 Å². The molecule has 5 nitrogen and oxygen atoms in total. The lowest BCUT2D eigenvalue weighted by molar-refractivity contribution is 0.578. The summed E-state index contributed by atoms with van der Waals surface area (Å²) in [5.41, 5.74) is 1.62. The third-order valence-corrected chi connectivity index (χ3v) is 6.11. The zero-order chi connectivity index (χ0) is 15.2. The quantitative estimate of drug-likeness (QED) is 0.699. The van der Waals surface area contributed by atoms with Crippen LogP contribution in [0.2, 0.25) is 0 Å². The van der Waals surface area contributed by atoms with E-state index in [0.717, 1.165) is 9.47 Å². The maximum atomic E-state index is 12.9. The van der Waals surface area contributed by atoms with Crippen LogP contribution in [0.5, 0.6) is 0 Å². The number of fused-ring (bicyclic) bond motifs is 1. The molecule has 0 unspecified atom stereocenters. The number of aromatic nitrogens is 3. The highest BCUT2D eigenvalue weighted by atomic mass is 79.9. The first kappa shape index (κ1) is 14.2. The van der Waals surface area contributed by atoms with Gasteiger partial charge in [0.1, 0.15) is 4.90 Å². The van der Waals surface area contributed by atoms with Crippen molar-refractivity contribution in [2.24, 2.45) is 0 Å². The molecule has 0 radical (unpaired) electrons. The fourth-order valence-corrected chi connectivity index (χ4v) is 4.11. The monoisotopic (exact) mass is 365 g/mol. The van der Waals surface area contributed by atoms with Gasteiger partial charge in [-0.2, -0.15) is 17.6 Å². The van der Waals surface area contributed by atoms with Crippen molar-refractivity contribution in [2.75, 3.05) is 0 Å². The minimum atomic E-state index is -3.78. The summed E-state index contributed by atoms with van der Waals surface area (Å²) in [6.07, 6.45) is 1.58. The highest BCUT2D eigenvalue weighted by Crippen LogP contribution is 2.27. The van der Waals surface area contributed by atoms with Crippen molar-refractivity contribution in [3.05, 3.63) is 52.4 Å². The Hall–Kier alpha value is -1.73. The number of halogens is 1. The molecule has 2 aromatic heterocycles. The molecular formula is C14H12BrN3O2S. The standard InChI is InChI=1S/C14H12BrN3O2S/c1-9-13(15)10(2)18(17-9)21(19,20)12-7-3-5-11-6-4-8-16-14(11)12/h3-8H,1-2H3. The Labute approximate surface area is 130 Å². The second-order valence-corrected chi connectivity index (χ2v) is 7.19. The van der Waals surface area contributed by atoms with E-state index in [1.807, 2.05) is 12.1 Å². The molecule has 0 bridgehead atoms. The molecule has 7 heteroatoms. The van der Waals surface area contributed by atoms with Gasteiger partial charge in [-0.15, -0.1) is 0 Å². The highest BCUT2D eigenvalue weighted by molar-refractivity contribution is 9.10. The van der Waals surface area contributed by atoms with Crippen molar-refractivity contribution in [3.8, 4) is 0 Å². The van der Waals surface area contributed by atoms with Crippen LogP contribution in [0.4, 0.5) is 0 Å². The fraction of sp³-hybridized carbons (Fsp3) is 0.143. The Morgan fingerprint density at radius 2 is 1.86 bits per heavy atom. The van der Waals surface area contributed by atoms with Gasteiger partial charge in [-0.3, -0.25) is 4.98 Å². The third-order valence-electron chi connectivity index (χ3n) is 3.26. The van der Waals surface area contributed by atoms with Crippen molar-refractivity contribution < 1.29 is 8.42 Å². The predicted molar refractivity (Wildman–Crippen MR) is 83.7 cm³/mol. The maximum Gasteiger partial charge on any atom is 0.285 e. The lowest BCUT2D eigenvalue weighted by Gasteiger charge is -2.08. The van der Waals surface area contributed by atoms with Crippen molar-refractivity contribution >= 4 is 36.9 Å². The first-order valence-corrected chi connectivity index (χ1v) is 8.47. The first-order valence-electron chi connectivity index (χ1n) is 6.24. The summed E-state index contributed by atoms with van der Waals surface area (Å²) < 4.78 is 27.5. The van der Waals surface area contributed by atoms with Gasteiger partial charge in [0.25, 0.3) is 10.0 Å². The summed E-state index contributed by atoms with van der Waals surface area (Å²) in [5.74, 6) is 0. The fourth-order valence-electron chi connectivity index (χ4n) is 2.21. The second-order valence-electron chi connectivity index (χ2n) is 4.66. The molecule has 0 amide bonds. The number of hydrogen-bond donors (Lipinski definition) is 0. The van der Waals surface area contributed by atoms with Crippen LogP contribution in [0.15, 0.2) is 45.9 Å². The van der Waals surface area contributed by atoms with Crippen LogP contribution in [-0.2, 0) is 10.0 Å². The van der Waals surface area contributed by atoms with Gasteiger partial charge in [-0.25, -0.2) is 0 Å². The van der Waals surface area contributed by atoms with Crippen LogP contribution >= 0.6 is 15.9 Å². The molecule has 0 aliphatic rings. The van der Waals surface area contributed by atoms with Gasteiger partial charge in [0.2, 0.25) is 0 Å². The van der Waals surface area contributed by atoms with Crippen molar-refractivity contribution in [3.63, 3.8) is 0 Å². The zero-order valence-electron chi connectivity index (χ0n) is 11.4. The number of para-hydroxylation sites is 1. The summed E-state index contributed by atoms with van der Waals surface area (Å²) in [5, 5.41) is 4.90. The Kier molecular flexibility index (Phi) is 3.33. The summed E-state index contributed by atoms with van der Waals surface area (Å²) in [7, 11) is -3.78. The van der Waals surface area contributed by atoms with Gasteiger partial charge in [-0.05, 0) is 41.9 Å². The Balaban J connectivity index is 2.33. The summed E-state index contributed by atoms with van der Waals surface area (Å²) in [6, 6.07) is 8.70. The van der Waals surface area contributed by atoms with E-state index in [-0.39, 0.29) is 4.90 Å². The number of rotatable bonds is 2. The number of nitrogens with zero attached hydrogens (tertiary/aromatic N) is 3. The Morgan fingerprint density at radius 3 is 2.52 bits per heavy atom. The van der Waals surface area contributed by atoms with E-state index < -0.39 is 10.0 Å². The van der Waals surface area contributed by atoms with Crippen LogP contribution in [0, 0.1) is 13.8 Å². The normalized spacial score (nSPS) is 12.0. The van der Waals surface area contributed by atoms with Crippen LogP contribution < -0.4 is 0 Å². The molecule has 0 saturated carbocycles. The highest BCUT2D eigenvalue weighted by Gasteiger charge is 2.25. The molecule has 0 aliphatic heterocycles. The van der Waals surface area contributed by atoms with Crippen LogP contribution in [-0.4, -0.2) is 22.6 Å². The molecule has 0 N–H and O–H groups in total. The average Bonchev–Trinajstić information content (AvgIpc) is 2.75. The summed E-state index contributed by atoms with van der Waals surface area (Å²) in [4.78, 5) is 4.35. The number of hydrogen-bond acceptors (Lipinski definition) is 4. The van der Waals surface area contributed by atoms with Crippen LogP contribution in [0.1, 0.15) is 11.4 Å². The minimum absolute atomic E-state index is 0.152. The van der Waals surface area contributed by atoms with Gasteiger partial charge in [0.15, 0.2) is 0 Å². The molecule has 0 fully saturated rings. The predicted octanol–water partition coefficient (Wildman–Crippen LogP) is 3.05. The van der Waals surface area contributed by atoms with E-state index in [9.17, 15) is 8.42 Å². The molecule has 3 rings (SSSR count). The van der Waals surface area contributed by atoms with Crippen molar-refractivity contribution in [2.45, 2.75) is 18.7 Å². The Morgan fingerprint density at radius 1 is 1.14 bits per heavy atom. The van der Waals surface area contributed by atoms with Gasteiger partial charge in [0.05, 0.1) is 21.4 Å². The molecule has 0 atom stereocenters. The topological polar surface area (TPSA) is 64.8 Å². The molecule has 0 saturated heterocycles. The first-order chi connectivity index (χ1) is 9.93. The number of pyridine rings is 1. The molecule has 2 heterocycles. The lowest BCUT2D eigenvalue weighted by Crippen LogP contribution is -2.16. The van der Waals surface area contributed by atoms with E-state index >= 15 is 0 Å². The molecule has 1 aromatic carbocycles. The lowest BCUT2D eigenvalue weighted by atomic mass is 10.2. The van der Waals surface area contributed by atoms with Crippen molar-refractivity contribution in [1.29, 1.82) is 0 Å². The minimum Gasteiger partial charge on any atom is -0.255 e. The van der Waals surface area contributed by atoms with E-state index in [0.29, 0.717) is 21.4 Å². The molecule has 0 aliphatic carbocycles. The Bertz CT molecular complexity index is 943. The zero-order valence-corrected chi connectivity index (χ0v) is 13.8. The van der Waals surface area contributed by atoms with Crippen LogP contribution in [0.25, 0.3) is 10.9 Å². The molecule has 108 valence electrons. The molecular weight excluding hydrogens is 354 g/mol. The largest absolute Gasteiger partial charge is 0.285 e. The van der Waals surface area contributed by atoms with E-state index in [4.69, 9.17) is 0 Å². The molecule has 0 spiro atoms. The third kappa shape index (κ3) is 2.16. The second kappa shape index (κ2) is 4.92. The SMILES string of the molecule is Cc1nn(S(=O)(=O)c2cccc3cccnc23)c(C)c1Br. The van der Waals surface area contributed by atoms with E-state index in [2.05, 4.69) is 26.0 Å². The maximum absolute atomic E-state index is 12.9. The summed E-state index contributed by atoms with van der Waals surface area (Å²) in [6.45, 7) is 3.46. The van der Waals surface area contributed by atoms with Gasteiger partial charge >= 0.3 is 0 Å². The molecule has 3 aromatic rings. The van der Waals surface area contributed by atoms with Crippen LogP contribution in [0.3, 0.4) is 0 Å². The van der Waals surface area contributed by atoms with Crippen molar-refractivity contribution in [1.82, 2.24) is 14.2 Å². The van der Waals surface area contributed by atoms with E-state index in [1.165, 1.54) is 0 Å². The van der Waals surface area contributed by atoms with Gasteiger partial charge in [-0.1, -0.05) is 18.2 Å². The summed E-state index contributed by atoms with van der Waals surface area (Å²) >= 11 is 3.35. The average molecular weight is 366 g/mol. The van der Waals surface area contributed by atoms with Gasteiger partial charge in [0, 0.05) is 11.6 Å². The number of aryl methyl sites for hydroxylation is 1. The van der Waals surface area contributed by atoms with Gasteiger partial charge < -0.3 is 0 Å². The smallest absolute Gasteiger partial charge is 0.255 e.